The van der Waals surface area contributed by atoms with E-state index in [0.717, 1.165) is 34.1 Å². The number of halogens is 1. The van der Waals surface area contributed by atoms with Crippen LogP contribution >= 0.6 is 23.4 Å². The van der Waals surface area contributed by atoms with Crippen molar-refractivity contribution in [2.45, 2.75) is 31.0 Å². The molecule has 0 saturated carbocycles. The molecule has 0 bridgehead atoms. The van der Waals surface area contributed by atoms with Gasteiger partial charge in [-0.25, -0.2) is 0 Å². The third-order valence-electron chi connectivity index (χ3n) is 3.48. The summed E-state index contributed by atoms with van der Waals surface area (Å²) >= 11 is 7.68. The first-order valence-electron chi connectivity index (χ1n) is 7.73. The Morgan fingerprint density at radius 1 is 1.08 bits per heavy atom. The van der Waals surface area contributed by atoms with Gasteiger partial charge in [0.1, 0.15) is 12.4 Å². The zero-order chi connectivity index (χ0) is 16.8. The van der Waals surface area contributed by atoms with Crippen molar-refractivity contribution in [2.75, 3.05) is 0 Å². The first kappa shape index (κ1) is 16.9. The lowest BCUT2D eigenvalue weighted by molar-refractivity contribution is 0.288. The van der Waals surface area contributed by atoms with E-state index in [1.165, 1.54) is 5.56 Å². The van der Waals surface area contributed by atoms with Crippen LogP contribution in [-0.2, 0) is 18.9 Å². The highest BCUT2D eigenvalue weighted by atomic mass is 35.5. The Kier molecular flexibility index (Phi) is 5.77. The lowest BCUT2D eigenvalue weighted by atomic mass is 10.2. The minimum absolute atomic E-state index is 0.405. The van der Waals surface area contributed by atoms with Crippen molar-refractivity contribution in [3.05, 3.63) is 71.0 Å². The molecule has 1 aromatic heterocycles. The van der Waals surface area contributed by atoms with Crippen LogP contribution < -0.4 is 4.74 Å². The molecule has 0 aliphatic heterocycles. The lowest BCUT2D eigenvalue weighted by Crippen LogP contribution is -2.07. The average molecular weight is 360 g/mol. The van der Waals surface area contributed by atoms with Gasteiger partial charge < -0.3 is 9.30 Å². The second kappa shape index (κ2) is 8.22. The van der Waals surface area contributed by atoms with E-state index in [9.17, 15) is 0 Å². The van der Waals surface area contributed by atoms with Crippen LogP contribution in [0.3, 0.4) is 0 Å². The highest BCUT2D eigenvalue weighted by Crippen LogP contribution is 2.24. The molecule has 6 heteroatoms. The number of rotatable bonds is 7. The van der Waals surface area contributed by atoms with Gasteiger partial charge in [0.15, 0.2) is 11.0 Å². The van der Waals surface area contributed by atoms with E-state index >= 15 is 0 Å². The molecule has 1 heterocycles. The second-order valence-corrected chi connectivity index (χ2v) is 6.54. The van der Waals surface area contributed by atoms with E-state index in [0.29, 0.717) is 6.61 Å². The van der Waals surface area contributed by atoms with Gasteiger partial charge in [-0.2, -0.15) is 0 Å². The van der Waals surface area contributed by atoms with Gasteiger partial charge in [-0.15, -0.1) is 10.2 Å². The molecule has 0 unspecified atom stereocenters. The van der Waals surface area contributed by atoms with E-state index in [1.54, 1.807) is 11.8 Å². The summed E-state index contributed by atoms with van der Waals surface area (Å²) in [4.78, 5) is 0. The Labute approximate surface area is 150 Å². The molecule has 3 rings (SSSR count). The molecule has 0 fully saturated rings. The van der Waals surface area contributed by atoms with Gasteiger partial charge in [0, 0.05) is 17.3 Å². The van der Waals surface area contributed by atoms with Crippen molar-refractivity contribution in [2.24, 2.45) is 0 Å². The van der Waals surface area contributed by atoms with E-state index in [1.807, 2.05) is 48.5 Å². The van der Waals surface area contributed by atoms with Gasteiger partial charge in [0.05, 0.1) is 0 Å². The van der Waals surface area contributed by atoms with Gasteiger partial charge in [-0.1, -0.05) is 53.7 Å². The van der Waals surface area contributed by atoms with Crippen LogP contribution in [0.15, 0.2) is 59.8 Å². The molecule has 124 valence electrons. The fourth-order valence-corrected chi connectivity index (χ4v) is 3.47. The molecule has 0 N–H and O–H groups in total. The van der Waals surface area contributed by atoms with E-state index in [-0.39, 0.29) is 0 Å². The third kappa shape index (κ3) is 4.30. The predicted molar refractivity (Wildman–Crippen MR) is 97.5 cm³/mol. The Hall–Kier alpha value is -1.98. The quantitative estimate of drug-likeness (QED) is 0.567. The highest BCUT2D eigenvalue weighted by molar-refractivity contribution is 7.98. The van der Waals surface area contributed by atoms with Crippen LogP contribution in [0.4, 0.5) is 0 Å². The van der Waals surface area contributed by atoms with Gasteiger partial charge >= 0.3 is 0 Å². The van der Waals surface area contributed by atoms with E-state index < -0.39 is 0 Å². The monoisotopic (exact) mass is 359 g/mol. The molecular formula is C18H18ClN3OS. The summed E-state index contributed by atoms with van der Waals surface area (Å²) in [6, 6.07) is 17.6. The van der Waals surface area contributed by atoms with Crippen molar-refractivity contribution in [3.63, 3.8) is 0 Å². The Morgan fingerprint density at radius 2 is 1.92 bits per heavy atom. The van der Waals surface area contributed by atoms with Crippen molar-refractivity contribution < 1.29 is 4.74 Å². The fourth-order valence-electron chi connectivity index (χ4n) is 2.29. The van der Waals surface area contributed by atoms with Crippen LogP contribution in [0.1, 0.15) is 18.3 Å². The summed E-state index contributed by atoms with van der Waals surface area (Å²) in [5, 5.41) is 10.2. The molecule has 0 atom stereocenters. The number of hydrogen-bond donors (Lipinski definition) is 0. The Balaban J connectivity index is 1.65. The zero-order valence-corrected chi connectivity index (χ0v) is 14.9. The Bertz CT molecular complexity index is 792. The molecular weight excluding hydrogens is 342 g/mol. The summed E-state index contributed by atoms with van der Waals surface area (Å²) in [5.41, 5.74) is 1.17. The van der Waals surface area contributed by atoms with Gasteiger partial charge in [0.2, 0.25) is 0 Å². The molecule has 0 aliphatic carbocycles. The summed E-state index contributed by atoms with van der Waals surface area (Å²) in [6.07, 6.45) is 0. The lowest BCUT2D eigenvalue weighted by Gasteiger charge is -2.09. The van der Waals surface area contributed by atoms with Gasteiger partial charge in [-0.3, -0.25) is 0 Å². The first-order chi connectivity index (χ1) is 11.8. The predicted octanol–water partition coefficient (Wildman–Crippen LogP) is 4.82. The van der Waals surface area contributed by atoms with Crippen molar-refractivity contribution in [1.29, 1.82) is 0 Å². The fraction of sp³-hybridized carbons (Fsp3) is 0.222. The minimum Gasteiger partial charge on any atom is -0.486 e. The molecule has 0 saturated heterocycles. The topological polar surface area (TPSA) is 39.9 Å². The normalized spacial score (nSPS) is 10.8. The van der Waals surface area contributed by atoms with Crippen LogP contribution in [0.2, 0.25) is 5.02 Å². The zero-order valence-electron chi connectivity index (χ0n) is 13.4. The SMILES string of the molecule is CCn1c(COc2ccccc2)nnc1SCc1cccc(Cl)c1. The molecule has 0 radical (unpaired) electrons. The van der Waals surface area contributed by atoms with Crippen LogP contribution in [0.5, 0.6) is 5.75 Å². The number of para-hydroxylation sites is 1. The molecule has 3 aromatic rings. The molecule has 2 aromatic carbocycles. The summed E-state index contributed by atoms with van der Waals surface area (Å²) in [6.45, 7) is 3.29. The third-order valence-corrected chi connectivity index (χ3v) is 4.75. The van der Waals surface area contributed by atoms with E-state index in [4.69, 9.17) is 16.3 Å². The maximum Gasteiger partial charge on any atom is 0.191 e. The second-order valence-electron chi connectivity index (χ2n) is 5.16. The Morgan fingerprint density at radius 3 is 2.67 bits per heavy atom. The number of ether oxygens (including phenoxy) is 1. The molecule has 0 spiro atoms. The van der Waals surface area contributed by atoms with Crippen LogP contribution in [0.25, 0.3) is 0 Å². The number of aromatic nitrogens is 3. The smallest absolute Gasteiger partial charge is 0.191 e. The molecule has 24 heavy (non-hydrogen) atoms. The highest BCUT2D eigenvalue weighted by Gasteiger charge is 2.12. The van der Waals surface area contributed by atoms with Crippen molar-refractivity contribution in [1.82, 2.24) is 14.8 Å². The number of thioether (sulfide) groups is 1. The standard InChI is InChI=1S/C18H18ClN3OS/c1-2-22-17(12-23-16-9-4-3-5-10-16)20-21-18(22)24-13-14-7-6-8-15(19)11-14/h3-11H,2,12-13H2,1H3. The average Bonchev–Trinajstić information content (AvgIpc) is 3.01. The van der Waals surface area contributed by atoms with Crippen molar-refractivity contribution in [3.8, 4) is 5.75 Å². The summed E-state index contributed by atoms with van der Waals surface area (Å²) < 4.78 is 7.86. The van der Waals surface area contributed by atoms with Crippen LogP contribution in [-0.4, -0.2) is 14.8 Å². The maximum absolute atomic E-state index is 6.03. The largest absolute Gasteiger partial charge is 0.486 e. The number of benzene rings is 2. The van der Waals surface area contributed by atoms with Gasteiger partial charge in [-0.05, 0) is 36.8 Å². The molecule has 4 nitrogen and oxygen atoms in total. The number of hydrogen-bond acceptors (Lipinski definition) is 4. The molecule has 0 amide bonds. The van der Waals surface area contributed by atoms with Gasteiger partial charge in [0.25, 0.3) is 0 Å². The van der Waals surface area contributed by atoms with Crippen LogP contribution in [0, 0.1) is 0 Å². The van der Waals surface area contributed by atoms with Crippen molar-refractivity contribution >= 4 is 23.4 Å². The minimum atomic E-state index is 0.405. The number of nitrogens with zero attached hydrogens (tertiary/aromatic N) is 3. The molecule has 0 aliphatic rings. The van der Waals surface area contributed by atoms with E-state index in [2.05, 4.69) is 27.8 Å². The maximum atomic E-state index is 6.03. The summed E-state index contributed by atoms with van der Waals surface area (Å²) in [5.74, 6) is 2.46. The first-order valence-corrected chi connectivity index (χ1v) is 9.10. The summed E-state index contributed by atoms with van der Waals surface area (Å²) in [7, 11) is 0.